The standard InChI is InChI=1S/C16H28N4/c1-13(2)8-9-17-15-12-14(3)18-16(19-15)20-10-6-4-5-7-11-20/h12-13H,4-11H2,1-3H3,(H,17,18,19). The third-order valence-electron chi connectivity index (χ3n) is 3.76. The predicted molar refractivity (Wildman–Crippen MR) is 85.4 cm³/mol. The zero-order valence-electron chi connectivity index (χ0n) is 13.2. The fourth-order valence-corrected chi connectivity index (χ4v) is 2.54. The van der Waals surface area contributed by atoms with E-state index in [4.69, 9.17) is 4.98 Å². The molecule has 112 valence electrons. The molecule has 0 amide bonds. The van der Waals surface area contributed by atoms with Crippen LogP contribution >= 0.6 is 0 Å². The van der Waals surface area contributed by atoms with Gasteiger partial charge in [-0.25, -0.2) is 4.98 Å². The first-order valence-corrected chi connectivity index (χ1v) is 7.99. The quantitative estimate of drug-likeness (QED) is 0.891. The molecule has 20 heavy (non-hydrogen) atoms. The van der Waals surface area contributed by atoms with Crippen LogP contribution in [0.3, 0.4) is 0 Å². The fraction of sp³-hybridized carbons (Fsp3) is 0.750. The molecule has 1 saturated heterocycles. The molecule has 1 N–H and O–H groups in total. The summed E-state index contributed by atoms with van der Waals surface area (Å²) in [5.41, 5.74) is 1.05. The molecule has 1 aromatic heterocycles. The highest BCUT2D eigenvalue weighted by Gasteiger charge is 2.13. The van der Waals surface area contributed by atoms with Crippen molar-refractivity contribution in [2.45, 2.75) is 52.9 Å². The van der Waals surface area contributed by atoms with E-state index in [9.17, 15) is 0 Å². The molecule has 2 heterocycles. The molecule has 0 unspecified atom stereocenters. The maximum absolute atomic E-state index is 4.70. The van der Waals surface area contributed by atoms with Crippen LogP contribution in [0.25, 0.3) is 0 Å². The summed E-state index contributed by atoms with van der Waals surface area (Å²) in [6.45, 7) is 9.71. The van der Waals surface area contributed by atoms with Gasteiger partial charge in [0.05, 0.1) is 0 Å². The number of nitrogens with zero attached hydrogens (tertiary/aromatic N) is 3. The van der Waals surface area contributed by atoms with Gasteiger partial charge in [0.15, 0.2) is 0 Å². The number of hydrogen-bond acceptors (Lipinski definition) is 4. The Morgan fingerprint density at radius 2 is 1.85 bits per heavy atom. The lowest BCUT2D eigenvalue weighted by atomic mass is 10.1. The normalized spacial score (nSPS) is 16.3. The highest BCUT2D eigenvalue weighted by molar-refractivity contribution is 5.43. The fourth-order valence-electron chi connectivity index (χ4n) is 2.54. The predicted octanol–water partition coefficient (Wildman–Crippen LogP) is 3.62. The third kappa shape index (κ3) is 4.66. The van der Waals surface area contributed by atoms with Gasteiger partial charge in [0.25, 0.3) is 0 Å². The Morgan fingerprint density at radius 1 is 1.15 bits per heavy atom. The van der Waals surface area contributed by atoms with E-state index in [-0.39, 0.29) is 0 Å². The lowest BCUT2D eigenvalue weighted by molar-refractivity contribution is 0.606. The molecule has 0 radical (unpaired) electrons. The van der Waals surface area contributed by atoms with E-state index in [0.29, 0.717) is 0 Å². The van der Waals surface area contributed by atoms with Gasteiger partial charge in [0.2, 0.25) is 5.95 Å². The van der Waals surface area contributed by atoms with Crippen LogP contribution in [0.1, 0.15) is 51.6 Å². The van der Waals surface area contributed by atoms with Gasteiger partial charge in [-0.2, -0.15) is 4.98 Å². The summed E-state index contributed by atoms with van der Waals surface area (Å²) in [6.07, 6.45) is 6.35. The Morgan fingerprint density at radius 3 is 2.50 bits per heavy atom. The van der Waals surface area contributed by atoms with Crippen molar-refractivity contribution < 1.29 is 0 Å². The first kappa shape index (κ1) is 15.1. The number of aryl methyl sites for hydroxylation is 1. The maximum Gasteiger partial charge on any atom is 0.227 e. The smallest absolute Gasteiger partial charge is 0.227 e. The number of aromatic nitrogens is 2. The van der Waals surface area contributed by atoms with Crippen LogP contribution in [0.2, 0.25) is 0 Å². The lowest BCUT2D eigenvalue weighted by Crippen LogP contribution is -2.26. The van der Waals surface area contributed by atoms with E-state index < -0.39 is 0 Å². The molecule has 0 spiro atoms. The van der Waals surface area contributed by atoms with Gasteiger partial charge in [-0.1, -0.05) is 26.7 Å². The van der Waals surface area contributed by atoms with Gasteiger partial charge < -0.3 is 10.2 Å². The van der Waals surface area contributed by atoms with E-state index in [0.717, 1.165) is 43.0 Å². The monoisotopic (exact) mass is 276 g/mol. The molecule has 4 nitrogen and oxygen atoms in total. The van der Waals surface area contributed by atoms with Gasteiger partial charge in [-0.05, 0) is 32.1 Å². The SMILES string of the molecule is Cc1cc(NCCC(C)C)nc(N2CCCCCC2)n1. The summed E-state index contributed by atoms with van der Waals surface area (Å²) in [5.74, 6) is 2.59. The highest BCUT2D eigenvalue weighted by atomic mass is 15.3. The summed E-state index contributed by atoms with van der Waals surface area (Å²) in [4.78, 5) is 11.7. The van der Waals surface area contributed by atoms with Crippen molar-refractivity contribution in [3.63, 3.8) is 0 Å². The van der Waals surface area contributed by atoms with Crippen LogP contribution in [0.4, 0.5) is 11.8 Å². The second kappa shape index (κ2) is 7.46. The van der Waals surface area contributed by atoms with Crippen LogP contribution < -0.4 is 10.2 Å². The summed E-state index contributed by atoms with van der Waals surface area (Å²) in [7, 11) is 0. The molecule has 0 atom stereocenters. The van der Waals surface area contributed by atoms with Gasteiger partial charge >= 0.3 is 0 Å². The Bertz CT molecular complexity index is 409. The van der Waals surface area contributed by atoms with Gasteiger partial charge in [0, 0.05) is 31.4 Å². The molecule has 2 rings (SSSR count). The number of hydrogen-bond donors (Lipinski definition) is 1. The van der Waals surface area contributed by atoms with Crippen molar-refractivity contribution in [2.24, 2.45) is 5.92 Å². The van der Waals surface area contributed by atoms with E-state index in [1.54, 1.807) is 0 Å². The number of nitrogens with one attached hydrogen (secondary N) is 1. The molecular weight excluding hydrogens is 248 g/mol. The summed E-state index contributed by atoms with van der Waals surface area (Å²) >= 11 is 0. The van der Waals surface area contributed by atoms with Gasteiger partial charge in [-0.3, -0.25) is 0 Å². The maximum atomic E-state index is 4.70. The molecule has 1 aliphatic heterocycles. The Hall–Kier alpha value is -1.32. The number of rotatable bonds is 5. The largest absolute Gasteiger partial charge is 0.370 e. The van der Waals surface area contributed by atoms with Crippen molar-refractivity contribution in [1.29, 1.82) is 0 Å². The van der Waals surface area contributed by atoms with Gasteiger partial charge in [-0.15, -0.1) is 0 Å². The molecule has 1 fully saturated rings. The minimum absolute atomic E-state index is 0.718. The molecule has 4 heteroatoms. The topological polar surface area (TPSA) is 41.1 Å². The summed E-state index contributed by atoms with van der Waals surface area (Å²) in [5, 5.41) is 3.43. The van der Waals surface area contributed by atoms with Crippen LogP contribution in [-0.2, 0) is 0 Å². The lowest BCUT2D eigenvalue weighted by Gasteiger charge is -2.21. The highest BCUT2D eigenvalue weighted by Crippen LogP contribution is 2.18. The van der Waals surface area contributed by atoms with E-state index in [2.05, 4.69) is 36.0 Å². The summed E-state index contributed by atoms with van der Waals surface area (Å²) in [6, 6.07) is 2.04. The number of anilines is 2. The van der Waals surface area contributed by atoms with Crippen LogP contribution in [0.15, 0.2) is 6.07 Å². The Labute approximate surface area is 123 Å². The van der Waals surface area contributed by atoms with Crippen molar-refractivity contribution in [3.8, 4) is 0 Å². The first-order chi connectivity index (χ1) is 9.65. The zero-order chi connectivity index (χ0) is 14.4. The summed E-state index contributed by atoms with van der Waals surface area (Å²) < 4.78 is 0. The molecule has 1 aliphatic rings. The second-order valence-electron chi connectivity index (χ2n) is 6.21. The van der Waals surface area contributed by atoms with Crippen molar-refractivity contribution >= 4 is 11.8 Å². The van der Waals surface area contributed by atoms with E-state index >= 15 is 0 Å². The van der Waals surface area contributed by atoms with Crippen molar-refractivity contribution in [3.05, 3.63) is 11.8 Å². The van der Waals surface area contributed by atoms with E-state index in [1.165, 1.54) is 32.1 Å². The minimum atomic E-state index is 0.718. The Kier molecular flexibility index (Phi) is 5.62. The molecule has 0 aliphatic carbocycles. The first-order valence-electron chi connectivity index (χ1n) is 7.99. The second-order valence-corrected chi connectivity index (χ2v) is 6.21. The molecule has 0 aromatic carbocycles. The third-order valence-corrected chi connectivity index (χ3v) is 3.76. The minimum Gasteiger partial charge on any atom is -0.370 e. The van der Waals surface area contributed by atoms with Crippen LogP contribution in [0, 0.1) is 12.8 Å². The Balaban J connectivity index is 2.03. The molecule has 1 aromatic rings. The van der Waals surface area contributed by atoms with Crippen LogP contribution in [-0.4, -0.2) is 29.6 Å². The van der Waals surface area contributed by atoms with Crippen LogP contribution in [0.5, 0.6) is 0 Å². The average Bonchev–Trinajstić information content (AvgIpc) is 2.66. The van der Waals surface area contributed by atoms with Crippen molar-refractivity contribution in [1.82, 2.24) is 9.97 Å². The van der Waals surface area contributed by atoms with Crippen molar-refractivity contribution in [2.75, 3.05) is 29.9 Å². The van der Waals surface area contributed by atoms with Gasteiger partial charge in [0.1, 0.15) is 5.82 Å². The molecule has 0 bridgehead atoms. The molecular formula is C16H28N4. The van der Waals surface area contributed by atoms with E-state index in [1.807, 2.05) is 6.07 Å². The zero-order valence-corrected chi connectivity index (χ0v) is 13.2. The average molecular weight is 276 g/mol. The molecule has 0 saturated carbocycles.